The van der Waals surface area contributed by atoms with Gasteiger partial charge in [-0.25, -0.2) is 0 Å². The summed E-state index contributed by atoms with van der Waals surface area (Å²) >= 11 is 0. The predicted molar refractivity (Wildman–Crippen MR) is 52.3 cm³/mol. The van der Waals surface area contributed by atoms with Gasteiger partial charge >= 0.3 is 7.60 Å². The van der Waals surface area contributed by atoms with Crippen molar-refractivity contribution < 1.29 is 13.6 Å². The minimum Gasteiger partial charge on any atom is -0.317 e. The summed E-state index contributed by atoms with van der Waals surface area (Å²) in [6, 6.07) is 0. The van der Waals surface area contributed by atoms with Gasteiger partial charge in [0.05, 0.1) is 13.2 Å². The monoisotopic (exact) mass is 205 g/mol. The van der Waals surface area contributed by atoms with Crippen molar-refractivity contribution in [2.45, 2.75) is 26.1 Å². The largest absolute Gasteiger partial charge is 0.348 e. The number of terminal acetylenes is 1. The normalized spacial score (nSPS) is 13.7. The lowest BCUT2D eigenvalue weighted by molar-refractivity contribution is 0.212. The first kappa shape index (κ1) is 12.7. The Balaban J connectivity index is 4.39. The summed E-state index contributed by atoms with van der Waals surface area (Å²) < 4.78 is 21.8. The van der Waals surface area contributed by atoms with Gasteiger partial charge in [-0.05, 0) is 13.8 Å². The molecule has 0 aromatic rings. The fourth-order valence-electron chi connectivity index (χ4n) is 0.821. The topological polar surface area (TPSA) is 61.6 Å². The van der Waals surface area contributed by atoms with Crippen molar-refractivity contribution in [2.24, 2.45) is 5.73 Å². The second kappa shape index (κ2) is 6.17. The van der Waals surface area contributed by atoms with Gasteiger partial charge < -0.3 is 14.8 Å². The molecule has 0 bridgehead atoms. The summed E-state index contributed by atoms with van der Waals surface area (Å²) in [6.45, 7) is 4.06. The van der Waals surface area contributed by atoms with E-state index in [-0.39, 0.29) is 6.42 Å². The SMILES string of the molecule is C#CC[C@@H](N)P(=O)(OCC)OCC. The number of hydrogen-bond donors (Lipinski definition) is 1. The molecule has 0 unspecified atom stereocenters. The Bertz CT molecular complexity index is 214. The van der Waals surface area contributed by atoms with Crippen molar-refractivity contribution in [1.82, 2.24) is 0 Å². The Morgan fingerprint density at radius 1 is 1.46 bits per heavy atom. The fraction of sp³-hybridized carbons (Fsp3) is 0.750. The molecule has 0 aliphatic carbocycles. The van der Waals surface area contributed by atoms with Crippen LogP contribution in [0.1, 0.15) is 20.3 Å². The third-order valence-electron chi connectivity index (χ3n) is 1.35. The lowest BCUT2D eigenvalue weighted by atomic mass is 10.5. The van der Waals surface area contributed by atoms with E-state index < -0.39 is 13.4 Å². The molecule has 0 fully saturated rings. The molecule has 0 aliphatic rings. The molecule has 0 aromatic carbocycles. The Morgan fingerprint density at radius 2 is 1.92 bits per heavy atom. The standard InChI is InChI=1S/C8H16NO3P/c1-4-7-8(9)13(10,11-5-2)12-6-3/h1,8H,5-7,9H2,2-3H3/t8-/m0/s1. The lowest BCUT2D eigenvalue weighted by Gasteiger charge is -2.21. The summed E-state index contributed by atoms with van der Waals surface area (Å²) in [5.74, 6) is 1.61. The van der Waals surface area contributed by atoms with Crippen molar-refractivity contribution in [3.05, 3.63) is 0 Å². The van der Waals surface area contributed by atoms with E-state index in [9.17, 15) is 4.57 Å². The Kier molecular flexibility index (Phi) is 6.02. The second-order valence-corrected chi connectivity index (χ2v) is 4.61. The summed E-state index contributed by atoms with van der Waals surface area (Å²) in [4.78, 5) is 0. The Morgan fingerprint density at radius 3 is 2.23 bits per heavy atom. The van der Waals surface area contributed by atoms with E-state index in [1.807, 2.05) is 0 Å². The van der Waals surface area contributed by atoms with E-state index in [2.05, 4.69) is 5.92 Å². The van der Waals surface area contributed by atoms with E-state index >= 15 is 0 Å². The van der Waals surface area contributed by atoms with Crippen molar-refractivity contribution >= 4 is 7.60 Å². The zero-order valence-electron chi connectivity index (χ0n) is 8.03. The highest BCUT2D eigenvalue weighted by atomic mass is 31.2. The average molecular weight is 205 g/mol. The van der Waals surface area contributed by atoms with Crippen LogP contribution in [0.4, 0.5) is 0 Å². The van der Waals surface area contributed by atoms with Crippen LogP contribution in [0.5, 0.6) is 0 Å². The van der Waals surface area contributed by atoms with E-state index in [0.717, 1.165) is 0 Å². The number of hydrogen-bond acceptors (Lipinski definition) is 4. The van der Waals surface area contributed by atoms with Crippen molar-refractivity contribution in [1.29, 1.82) is 0 Å². The molecule has 0 rings (SSSR count). The van der Waals surface area contributed by atoms with Gasteiger partial charge in [0.15, 0.2) is 0 Å². The first-order chi connectivity index (χ1) is 6.10. The average Bonchev–Trinajstić information content (AvgIpc) is 2.05. The molecule has 2 N–H and O–H groups in total. The molecule has 0 amide bonds. The summed E-state index contributed by atoms with van der Waals surface area (Å²) in [6.07, 6.45) is 5.25. The summed E-state index contributed by atoms with van der Waals surface area (Å²) in [5.41, 5.74) is 5.58. The highest BCUT2D eigenvalue weighted by molar-refractivity contribution is 7.54. The van der Waals surface area contributed by atoms with Crippen LogP contribution in [0.3, 0.4) is 0 Å². The summed E-state index contributed by atoms with van der Waals surface area (Å²) in [7, 11) is -3.19. The maximum Gasteiger partial charge on any atom is 0.348 e. The third-order valence-corrected chi connectivity index (χ3v) is 3.58. The predicted octanol–water partition coefficient (Wildman–Crippen LogP) is 1.56. The van der Waals surface area contributed by atoms with Crippen molar-refractivity contribution in [3.8, 4) is 12.3 Å². The van der Waals surface area contributed by atoms with Crippen molar-refractivity contribution in [3.63, 3.8) is 0 Å². The molecule has 0 aromatic heterocycles. The van der Waals surface area contributed by atoms with Crippen LogP contribution in [0.2, 0.25) is 0 Å². The quantitative estimate of drug-likeness (QED) is 0.528. The van der Waals surface area contributed by atoms with Gasteiger partial charge in [-0.15, -0.1) is 12.3 Å². The number of rotatable bonds is 6. The molecule has 13 heavy (non-hydrogen) atoms. The maximum atomic E-state index is 11.8. The van der Waals surface area contributed by atoms with E-state index in [1.165, 1.54) is 0 Å². The second-order valence-electron chi connectivity index (χ2n) is 2.35. The Hall–Kier alpha value is -0.330. The molecule has 0 saturated heterocycles. The lowest BCUT2D eigenvalue weighted by Crippen LogP contribution is -2.22. The summed E-state index contributed by atoms with van der Waals surface area (Å²) in [5, 5.41) is 0. The molecule has 4 nitrogen and oxygen atoms in total. The van der Waals surface area contributed by atoms with Crippen LogP contribution in [-0.2, 0) is 13.6 Å². The van der Waals surface area contributed by atoms with Gasteiger partial charge in [0, 0.05) is 6.42 Å². The number of nitrogens with two attached hydrogens (primary N) is 1. The zero-order chi connectivity index (χ0) is 10.3. The maximum absolute atomic E-state index is 11.8. The third kappa shape index (κ3) is 3.93. The molecular weight excluding hydrogens is 189 g/mol. The van der Waals surface area contributed by atoms with Gasteiger partial charge in [-0.3, -0.25) is 4.57 Å². The van der Waals surface area contributed by atoms with Crippen LogP contribution in [0.15, 0.2) is 0 Å². The Labute approximate surface area is 79.3 Å². The zero-order valence-corrected chi connectivity index (χ0v) is 8.92. The molecule has 1 atom stereocenters. The van der Waals surface area contributed by atoms with Crippen LogP contribution in [-0.4, -0.2) is 19.0 Å². The van der Waals surface area contributed by atoms with E-state index in [1.54, 1.807) is 13.8 Å². The molecule has 0 saturated carbocycles. The van der Waals surface area contributed by atoms with E-state index in [0.29, 0.717) is 13.2 Å². The minimum absolute atomic E-state index is 0.192. The van der Waals surface area contributed by atoms with Gasteiger partial charge in [0.25, 0.3) is 0 Å². The molecule has 0 aliphatic heterocycles. The van der Waals surface area contributed by atoms with Crippen molar-refractivity contribution in [2.75, 3.05) is 13.2 Å². The highest BCUT2D eigenvalue weighted by Gasteiger charge is 2.31. The molecule has 0 spiro atoms. The fourth-order valence-corrected chi connectivity index (χ4v) is 2.33. The van der Waals surface area contributed by atoms with Crippen LogP contribution >= 0.6 is 7.60 Å². The first-order valence-electron chi connectivity index (χ1n) is 4.18. The molecular formula is C8H16NO3P. The smallest absolute Gasteiger partial charge is 0.317 e. The van der Waals surface area contributed by atoms with Gasteiger partial charge in [0.1, 0.15) is 5.78 Å². The first-order valence-corrected chi connectivity index (χ1v) is 5.79. The van der Waals surface area contributed by atoms with Gasteiger partial charge in [0.2, 0.25) is 0 Å². The van der Waals surface area contributed by atoms with Gasteiger partial charge in [-0.1, -0.05) is 0 Å². The van der Waals surface area contributed by atoms with Crippen LogP contribution in [0.25, 0.3) is 0 Å². The van der Waals surface area contributed by atoms with E-state index in [4.69, 9.17) is 21.2 Å². The highest BCUT2D eigenvalue weighted by Crippen LogP contribution is 2.51. The minimum atomic E-state index is -3.19. The molecule has 76 valence electrons. The van der Waals surface area contributed by atoms with Crippen LogP contribution < -0.4 is 5.73 Å². The van der Waals surface area contributed by atoms with Gasteiger partial charge in [-0.2, -0.15) is 0 Å². The molecule has 5 heteroatoms. The molecule has 0 radical (unpaired) electrons. The van der Waals surface area contributed by atoms with Crippen LogP contribution in [0, 0.1) is 12.3 Å². The molecule has 0 heterocycles.